The highest BCUT2D eigenvalue weighted by molar-refractivity contribution is 7.14. The third kappa shape index (κ3) is 3.16. The zero-order chi connectivity index (χ0) is 18.4. The van der Waals surface area contributed by atoms with Gasteiger partial charge in [-0.2, -0.15) is 0 Å². The maximum absolute atomic E-state index is 13.3. The van der Waals surface area contributed by atoms with Crippen molar-refractivity contribution in [2.75, 3.05) is 17.2 Å². The van der Waals surface area contributed by atoms with Crippen molar-refractivity contribution in [3.8, 4) is 11.3 Å². The average Bonchev–Trinajstić information content (AvgIpc) is 3.10. The topological polar surface area (TPSA) is 54.0 Å². The van der Waals surface area contributed by atoms with E-state index in [4.69, 9.17) is 0 Å². The fourth-order valence-corrected chi connectivity index (χ4v) is 6.84. The monoisotopic (exact) mass is 381 g/mol. The minimum absolute atomic E-state index is 0.108. The van der Waals surface area contributed by atoms with Crippen molar-refractivity contribution < 1.29 is 4.79 Å². The molecular weight excluding hydrogens is 354 g/mol. The largest absolute Gasteiger partial charge is 0.362 e. The van der Waals surface area contributed by atoms with Crippen molar-refractivity contribution in [1.29, 1.82) is 0 Å². The summed E-state index contributed by atoms with van der Waals surface area (Å²) in [4.78, 5) is 17.9. The molecule has 6 rings (SSSR count). The van der Waals surface area contributed by atoms with Crippen molar-refractivity contribution >= 4 is 28.1 Å². The fourth-order valence-electron chi connectivity index (χ4n) is 6.05. The van der Waals surface area contributed by atoms with Crippen LogP contribution in [0, 0.1) is 23.2 Å². The number of carbonyl (C=O) groups excluding carboxylic acids is 1. The lowest BCUT2D eigenvalue weighted by molar-refractivity contribution is -0.140. The van der Waals surface area contributed by atoms with Crippen molar-refractivity contribution in [2.24, 2.45) is 23.2 Å². The van der Waals surface area contributed by atoms with E-state index in [-0.39, 0.29) is 11.3 Å². The maximum atomic E-state index is 13.3. The molecule has 0 saturated heterocycles. The number of anilines is 2. The first-order valence-electron chi connectivity index (χ1n) is 10.2. The first-order valence-corrected chi connectivity index (χ1v) is 11.1. The van der Waals surface area contributed by atoms with E-state index in [0.717, 1.165) is 65.6 Å². The average molecular weight is 382 g/mol. The van der Waals surface area contributed by atoms with Gasteiger partial charge in [0.2, 0.25) is 5.91 Å². The van der Waals surface area contributed by atoms with Gasteiger partial charge in [0.15, 0.2) is 5.13 Å². The van der Waals surface area contributed by atoms with E-state index in [9.17, 15) is 4.79 Å². The molecule has 4 fully saturated rings. The molecule has 0 radical (unpaired) electrons. The van der Waals surface area contributed by atoms with E-state index in [1.807, 2.05) is 12.1 Å². The lowest BCUT2D eigenvalue weighted by atomic mass is 9.49. The fraction of sp³-hybridized carbons (Fsp3) is 0.545. The number of benzene rings is 1. The van der Waals surface area contributed by atoms with Gasteiger partial charge in [-0.05, 0) is 75.3 Å². The summed E-state index contributed by atoms with van der Waals surface area (Å²) in [5.74, 6) is 2.61. The molecule has 1 amide bonds. The van der Waals surface area contributed by atoms with Gasteiger partial charge in [-0.3, -0.25) is 4.79 Å². The Morgan fingerprint density at radius 2 is 1.89 bits per heavy atom. The lowest BCUT2D eigenvalue weighted by Gasteiger charge is -2.55. The van der Waals surface area contributed by atoms with Crippen LogP contribution >= 0.6 is 11.3 Å². The zero-order valence-corrected chi connectivity index (χ0v) is 16.6. The number of amides is 1. The minimum atomic E-state index is -0.108. The molecule has 4 aliphatic carbocycles. The van der Waals surface area contributed by atoms with Gasteiger partial charge in [-0.1, -0.05) is 12.1 Å². The van der Waals surface area contributed by atoms with Crippen LogP contribution in [-0.2, 0) is 4.79 Å². The molecule has 4 saturated carbocycles. The minimum Gasteiger partial charge on any atom is -0.362 e. The van der Waals surface area contributed by atoms with Gasteiger partial charge in [-0.15, -0.1) is 11.3 Å². The van der Waals surface area contributed by atoms with Crippen LogP contribution in [0.25, 0.3) is 11.3 Å². The van der Waals surface area contributed by atoms with Crippen LogP contribution in [0.15, 0.2) is 29.6 Å². The molecule has 2 N–H and O–H groups in total. The normalized spacial score (nSPS) is 31.1. The summed E-state index contributed by atoms with van der Waals surface area (Å²) in [5, 5.41) is 9.53. The Labute approximate surface area is 164 Å². The van der Waals surface area contributed by atoms with Crippen molar-refractivity contribution in [3.05, 3.63) is 29.6 Å². The number of rotatable bonds is 5. The van der Waals surface area contributed by atoms with E-state index in [1.54, 1.807) is 11.3 Å². The SMILES string of the molecule is CCNc1nc(-c2cccc(NC(=O)C34CC5CC(CC(C5)C3)C4)c2)cs1. The molecular formula is C22H27N3OS. The Morgan fingerprint density at radius 1 is 1.19 bits per heavy atom. The standard InChI is InChI=1S/C22H27N3OS/c1-2-23-21-25-19(13-27-21)17-4-3-5-18(9-17)24-20(26)22-10-14-6-15(11-22)8-16(7-14)12-22/h3-5,9,13-16H,2,6-8,10-12H2,1H3,(H,23,25)(H,24,26). The highest BCUT2D eigenvalue weighted by atomic mass is 32.1. The Hall–Kier alpha value is -1.88. The Kier molecular flexibility index (Phi) is 4.23. The Balaban J connectivity index is 1.34. The second-order valence-corrected chi connectivity index (χ2v) is 9.66. The third-order valence-electron chi connectivity index (χ3n) is 6.77. The zero-order valence-electron chi connectivity index (χ0n) is 15.8. The highest BCUT2D eigenvalue weighted by Gasteiger charge is 2.54. The highest BCUT2D eigenvalue weighted by Crippen LogP contribution is 2.60. The van der Waals surface area contributed by atoms with Crippen LogP contribution in [-0.4, -0.2) is 17.4 Å². The van der Waals surface area contributed by atoms with Crippen LogP contribution in [0.5, 0.6) is 0 Å². The summed E-state index contributed by atoms with van der Waals surface area (Å²) in [6.45, 7) is 2.94. The molecule has 4 aliphatic rings. The maximum Gasteiger partial charge on any atom is 0.230 e. The van der Waals surface area contributed by atoms with Gasteiger partial charge in [0.1, 0.15) is 0 Å². The number of hydrogen-bond acceptors (Lipinski definition) is 4. The number of hydrogen-bond donors (Lipinski definition) is 2. The van der Waals surface area contributed by atoms with E-state index in [2.05, 4.69) is 40.1 Å². The number of thiazole rings is 1. The van der Waals surface area contributed by atoms with Crippen LogP contribution in [0.3, 0.4) is 0 Å². The molecule has 0 spiro atoms. The molecule has 4 bridgehead atoms. The second-order valence-electron chi connectivity index (χ2n) is 8.80. The van der Waals surface area contributed by atoms with Crippen LogP contribution in [0.2, 0.25) is 0 Å². The summed E-state index contributed by atoms with van der Waals surface area (Å²) in [7, 11) is 0. The van der Waals surface area contributed by atoms with E-state index in [1.165, 1.54) is 19.3 Å². The molecule has 142 valence electrons. The Bertz CT molecular complexity index is 823. The summed E-state index contributed by atoms with van der Waals surface area (Å²) >= 11 is 1.62. The Morgan fingerprint density at radius 3 is 2.56 bits per heavy atom. The van der Waals surface area contributed by atoms with Crippen LogP contribution in [0.1, 0.15) is 45.4 Å². The molecule has 1 aromatic carbocycles. The van der Waals surface area contributed by atoms with Crippen molar-refractivity contribution in [3.63, 3.8) is 0 Å². The summed E-state index contributed by atoms with van der Waals surface area (Å²) < 4.78 is 0. The van der Waals surface area contributed by atoms with Gasteiger partial charge in [0, 0.05) is 23.2 Å². The van der Waals surface area contributed by atoms with E-state index in [0.29, 0.717) is 0 Å². The molecule has 1 heterocycles. The lowest BCUT2D eigenvalue weighted by Crippen LogP contribution is -2.51. The van der Waals surface area contributed by atoms with Gasteiger partial charge in [0.05, 0.1) is 11.1 Å². The van der Waals surface area contributed by atoms with Crippen LogP contribution in [0.4, 0.5) is 10.8 Å². The quantitative estimate of drug-likeness (QED) is 0.729. The first kappa shape index (κ1) is 17.2. The predicted molar refractivity (Wildman–Crippen MR) is 111 cm³/mol. The molecule has 1 aromatic heterocycles. The molecule has 5 heteroatoms. The van der Waals surface area contributed by atoms with Crippen molar-refractivity contribution in [1.82, 2.24) is 4.98 Å². The number of nitrogens with zero attached hydrogens (tertiary/aromatic N) is 1. The number of carbonyl (C=O) groups is 1. The number of nitrogens with one attached hydrogen (secondary N) is 2. The second kappa shape index (κ2) is 6.62. The molecule has 0 unspecified atom stereocenters. The smallest absolute Gasteiger partial charge is 0.230 e. The summed E-state index contributed by atoms with van der Waals surface area (Å²) in [5.41, 5.74) is 2.80. The van der Waals surface area contributed by atoms with Gasteiger partial charge < -0.3 is 10.6 Å². The van der Waals surface area contributed by atoms with Crippen LogP contribution < -0.4 is 10.6 Å². The molecule has 0 atom stereocenters. The molecule has 27 heavy (non-hydrogen) atoms. The van der Waals surface area contributed by atoms with Gasteiger partial charge in [-0.25, -0.2) is 4.98 Å². The van der Waals surface area contributed by atoms with E-state index < -0.39 is 0 Å². The number of aromatic nitrogens is 1. The van der Waals surface area contributed by atoms with Crippen molar-refractivity contribution in [2.45, 2.75) is 45.4 Å². The molecule has 4 nitrogen and oxygen atoms in total. The molecule has 2 aromatic rings. The summed E-state index contributed by atoms with van der Waals surface area (Å²) in [6, 6.07) is 8.13. The van der Waals surface area contributed by atoms with Gasteiger partial charge >= 0.3 is 0 Å². The van der Waals surface area contributed by atoms with Gasteiger partial charge in [0.25, 0.3) is 0 Å². The predicted octanol–water partition coefficient (Wildman–Crippen LogP) is 5.40. The molecule has 0 aliphatic heterocycles. The first-order chi connectivity index (χ1) is 13.1. The van der Waals surface area contributed by atoms with E-state index >= 15 is 0 Å². The third-order valence-corrected chi connectivity index (χ3v) is 7.57. The summed E-state index contributed by atoms with van der Waals surface area (Å²) in [6.07, 6.45) is 7.38.